The Kier molecular flexibility index (Phi) is 25.0. The number of para-hydroxylation sites is 10. The monoisotopic (exact) mass is 1850 g/mol. The molecule has 113 heavy (non-hydrogen) atoms. The van der Waals surface area contributed by atoms with Gasteiger partial charge in [-0.05, 0) is 131 Å². The summed E-state index contributed by atoms with van der Waals surface area (Å²) < 4.78 is 43.3. The molecule has 5 heterocycles. The summed E-state index contributed by atoms with van der Waals surface area (Å²) >= 11 is 1.85. The number of anilines is 3. The Morgan fingerprint density at radius 1 is 0.451 bits per heavy atom. The van der Waals surface area contributed by atoms with Crippen molar-refractivity contribution >= 4 is 157 Å². The van der Waals surface area contributed by atoms with E-state index >= 15 is 4.57 Å². The summed E-state index contributed by atoms with van der Waals surface area (Å²) in [5.74, 6) is 3.48. The number of benzene rings is 14. The van der Waals surface area contributed by atoms with E-state index in [0.717, 1.165) is 117 Å². The Morgan fingerprint density at radius 3 is 1.12 bits per heavy atom. The predicted molar refractivity (Wildman–Crippen MR) is 486 cm³/mol. The maximum absolute atomic E-state index is 15.0. The van der Waals surface area contributed by atoms with Crippen molar-refractivity contribution in [2.24, 2.45) is 0 Å². The summed E-state index contributed by atoms with van der Waals surface area (Å²) in [4.78, 5) is 24.3. The zero-order valence-electron chi connectivity index (χ0n) is 63.1. The molecule has 0 amide bonds. The van der Waals surface area contributed by atoms with Gasteiger partial charge in [-0.1, -0.05) is 290 Å². The maximum Gasteiger partial charge on any atom is 0.179 e. The number of hydrogen-bond acceptors (Lipinski definition) is 9. The normalized spacial score (nSPS) is 12.1. The molecule has 0 saturated carbocycles. The first kappa shape index (κ1) is 76.0. The molecule has 0 N–H and O–H groups in total. The fourth-order valence-corrected chi connectivity index (χ4v) is 22.1. The topological polar surface area (TPSA) is 107 Å². The number of thiol groups is 1. The van der Waals surface area contributed by atoms with Gasteiger partial charge < -0.3 is 18.6 Å². The van der Waals surface area contributed by atoms with Crippen LogP contribution in [0.2, 0.25) is 0 Å². The second kappa shape index (κ2) is 37.1. The number of fused-ring (bicyclic) bond motifs is 4. The van der Waals surface area contributed by atoms with E-state index in [1.54, 1.807) is 0 Å². The Labute approximate surface area is 696 Å². The summed E-state index contributed by atoms with van der Waals surface area (Å²) in [7, 11) is 2.06. The average molecular weight is 1850 g/mol. The molecule has 18 aromatic rings. The van der Waals surface area contributed by atoms with Crippen molar-refractivity contribution in [2.45, 2.75) is 0 Å². The molecule has 1 unspecified atom stereocenters. The summed E-state index contributed by atoms with van der Waals surface area (Å²) in [6, 6.07) is 138. The minimum atomic E-state index is -3.05. The Morgan fingerprint density at radius 2 is 0.761 bits per heavy atom. The van der Waals surface area contributed by atoms with Crippen LogP contribution >= 0.6 is 43.2 Å². The van der Waals surface area contributed by atoms with Gasteiger partial charge in [-0.2, -0.15) is 37.0 Å². The SMILES string of the molecule is CN1[CH-]N(c2[c-]cccc2)c2ncccc21.O=P(c1ccccc1)(c1ccccc1)c1ccc([Si](c2ccccc2)(c2ccccc2)c2ccccc2)cc1.[3H]P([B])I.[3H][S-](=O)=P.[Ir].c1ccc(-n2c(-c3cc(-c4nc5ccccc5n4-c4ccccc4)cc(-c4nc5ccccc5n4-c4ccccc4)c3)nc3ccccc32)cc1. The van der Waals surface area contributed by atoms with Crippen LogP contribution in [0.25, 0.3) is 84.3 Å². The number of aromatic nitrogens is 7. The van der Waals surface area contributed by atoms with E-state index in [4.69, 9.17) is 29.1 Å². The van der Waals surface area contributed by atoms with Crippen LogP contribution in [0.3, 0.4) is 0 Å². The molecule has 19 heteroatoms. The molecule has 553 valence electrons. The summed E-state index contributed by atoms with van der Waals surface area (Å²) in [5, 5.41) is 7.78. The van der Waals surface area contributed by atoms with Crippen LogP contribution in [0.4, 0.5) is 17.2 Å². The molecule has 0 fully saturated rings. The molecule has 19 rings (SSSR count). The molecule has 0 bridgehead atoms. The molecular weight excluding hydrogens is 1770 g/mol. The first-order chi connectivity index (χ1) is 55.9. The second-order valence-electron chi connectivity index (χ2n) is 26.1. The molecule has 1 aliphatic rings. The van der Waals surface area contributed by atoms with Crippen molar-refractivity contribution in [1.29, 1.82) is 2.40 Å². The van der Waals surface area contributed by atoms with E-state index in [9.17, 15) is 0 Å². The quantitative estimate of drug-likeness (QED) is 0.0202. The molecule has 14 aromatic carbocycles. The zero-order valence-corrected chi connectivity index (χ0v) is 70.3. The fraction of sp³-hybridized carbons (Fsp3) is 0.0106. The third kappa shape index (κ3) is 16.5. The standard InChI is InChI=1S/C45H30N6.C36H29OPSi.C13H11N3.BHIP.Ir.H2OPS/c1-4-16-34(17-5-1)49-40-25-13-10-22-37(40)46-43(49)31-28-32(44-47-38-23-11-14-26-41(38)50(44)35-18-6-2-7-19-35)30-33(29-31)45-48-39-24-12-15-27-42(39)51(45)36-20-8-3-9-21-36;37-38(30-16-6-1-7-17-30,31-18-8-2-9-19-31)32-26-28-36(29-27-32)39(33-20-10-3-11-21-33,34-22-12-4-13-23-34)35-24-14-5-15-25-35;1-15-10-16(11-6-3-2-4-7-11)13-12(15)8-5-9-14-13;1-3-2;;1-3-2/h1-30H;1-29H;2-6,8-10H,1H3;3H;;2-3H/q;;-2;;;-1/i;;;3T;;3T. The van der Waals surface area contributed by atoms with Gasteiger partial charge in [0.1, 0.15) is 30.9 Å². The smallest absolute Gasteiger partial charge is 0.179 e. The van der Waals surface area contributed by atoms with Gasteiger partial charge in [-0.15, -0.1) is 11.7 Å². The first-order valence-electron chi connectivity index (χ1n) is 37.1. The van der Waals surface area contributed by atoms with Crippen LogP contribution in [0.1, 0.15) is 0 Å². The average Bonchev–Trinajstić information content (AvgIpc) is 1.55. The number of hydrogen-bond donors (Lipinski definition) is 0. The summed E-state index contributed by atoms with van der Waals surface area (Å²) in [5.41, 5.74) is 14.0. The van der Waals surface area contributed by atoms with Crippen molar-refractivity contribution in [2.75, 3.05) is 16.8 Å². The number of nitrogens with zero attached hydrogens (tertiary/aromatic N) is 9. The largest absolute Gasteiger partial charge is 0.502 e. The van der Waals surface area contributed by atoms with Crippen molar-refractivity contribution < 1.29 is 28.9 Å². The van der Waals surface area contributed by atoms with Crippen LogP contribution < -0.4 is 46.5 Å². The Hall–Kier alpha value is -11.0. The van der Waals surface area contributed by atoms with E-state index in [1.807, 2.05) is 174 Å². The fourth-order valence-electron chi connectivity index (χ4n) is 14.7. The minimum absolute atomic E-state index is 0. The van der Waals surface area contributed by atoms with Gasteiger partial charge in [0.15, 0.2) is 15.2 Å². The Balaban J connectivity index is 0.000000150. The molecule has 1 atom stereocenters. The molecule has 0 aliphatic carbocycles. The van der Waals surface area contributed by atoms with Crippen molar-refractivity contribution in [3.8, 4) is 51.2 Å². The number of imidazole rings is 3. The second-order valence-corrected chi connectivity index (χ2v) is 35.2. The molecule has 1 aliphatic heterocycles. The van der Waals surface area contributed by atoms with Crippen LogP contribution in [0.15, 0.2) is 401 Å². The maximum atomic E-state index is 15.0. The van der Waals surface area contributed by atoms with Gasteiger partial charge in [0.05, 0.1) is 34.4 Å². The Bertz CT molecular complexity index is 5930. The van der Waals surface area contributed by atoms with Gasteiger partial charge in [0.25, 0.3) is 0 Å². The number of pyridine rings is 1. The van der Waals surface area contributed by atoms with Crippen LogP contribution in [-0.4, -0.2) is 58.7 Å². The van der Waals surface area contributed by atoms with E-state index < -0.39 is 32.0 Å². The molecule has 0 spiro atoms. The zero-order chi connectivity index (χ0) is 78.4. The van der Waals surface area contributed by atoms with Crippen molar-refractivity contribution in [3.05, 3.63) is 413 Å². The molecule has 3 radical (unpaired) electrons. The molecule has 0 saturated heterocycles. The van der Waals surface area contributed by atoms with Crippen molar-refractivity contribution in [1.82, 2.24) is 33.6 Å². The third-order valence-corrected chi connectivity index (χ3v) is 27.4. The van der Waals surface area contributed by atoms with Gasteiger partial charge in [-0.25, -0.2) is 28.0 Å². The van der Waals surface area contributed by atoms with Crippen LogP contribution in [0.5, 0.6) is 0 Å². The first-order valence-corrected chi connectivity index (χ1v) is 45.6. The van der Waals surface area contributed by atoms with Gasteiger partial charge in [0, 0.05) is 81.7 Å². The van der Waals surface area contributed by atoms with E-state index in [2.05, 4.69) is 305 Å². The summed E-state index contributed by atoms with van der Waals surface area (Å²) in [6.45, 7) is 2.02. The molecular formula is C94H73BIIrN9O2P3SSi-3. The van der Waals surface area contributed by atoms with Gasteiger partial charge in [-0.3, -0.25) is 24.4 Å². The van der Waals surface area contributed by atoms with Gasteiger partial charge >= 0.3 is 0 Å². The molecule has 4 aromatic heterocycles. The molecule has 11 nitrogen and oxygen atoms in total. The van der Waals surface area contributed by atoms with E-state index in [-0.39, 0.29) is 20.1 Å². The predicted octanol–water partition coefficient (Wildman–Crippen LogP) is 19.3. The number of rotatable bonds is 14. The third-order valence-electron chi connectivity index (χ3n) is 19.6. The minimum Gasteiger partial charge on any atom is -0.502 e. The van der Waals surface area contributed by atoms with E-state index in [1.165, 1.54) is 20.7 Å². The summed E-state index contributed by atoms with van der Waals surface area (Å²) in [6.07, 6.45) is 1.81. The van der Waals surface area contributed by atoms with Crippen LogP contribution in [0, 0.1) is 12.7 Å². The van der Waals surface area contributed by atoms with Crippen molar-refractivity contribution in [3.63, 3.8) is 0 Å². The van der Waals surface area contributed by atoms with Gasteiger partial charge in [0.2, 0.25) is 0 Å². The number of halogens is 1. The van der Waals surface area contributed by atoms with Crippen LogP contribution in [-0.2, 0) is 39.6 Å². The van der Waals surface area contributed by atoms with E-state index in [0.29, 0.717) is 0 Å².